The van der Waals surface area contributed by atoms with Crippen molar-refractivity contribution in [1.82, 2.24) is 0 Å². The van der Waals surface area contributed by atoms with Crippen LogP contribution < -0.4 is 4.74 Å². The second kappa shape index (κ2) is 4.34. The molecule has 0 N–H and O–H groups in total. The molecule has 0 aliphatic heterocycles. The van der Waals surface area contributed by atoms with Gasteiger partial charge in [-0.05, 0) is 17.0 Å². The number of ether oxygens (including phenoxy) is 1. The van der Waals surface area contributed by atoms with E-state index in [0.717, 1.165) is 0 Å². The molecule has 0 aliphatic carbocycles. The Morgan fingerprint density at radius 3 is 3.08 bits per heavy atom. The predicted octanol–water partition coefficient (Wildman–Crippen LogP) is 0.662. The standard InChI is InChI=1S/C6H6O4S2/c7-4-10-6-1-5(2-11-6)3-12(8)9/h1-2,4H,3H2,(H,8,9)/p-1. The molecule has 1 aromatic rings. The lowest BCUT2D eigenvalue weighted by Gasteiger charge is -2.00. The monoisotopic (exact) mass is 205 g/mol. The molecular formula is C6H5O4S2-. The summed E-state index contributed by atoms with van der Waals surface area (Å²) in [4.78, 5) is 9.87. The normalized spacial score (nSPS) is 12.4. The summed E-state index contributed by atoms with van der Waals surface area (Å²) < 4.78 is 25.0. The van der Waals surface area contributed by atoms with Gasteiger partial charge in [0, 0.05) is 5.75 Å². The van der Waals surface area contributed by atoms with Crippen LogP contribution in [0.15, 0.2) is 11.4 Å². The molecule has 1 unspecified atom stereocenters. The lowest BCUT2D eigenvalue weighted by atomic mass is 10.4. The summed E-state index contributed by atoms with van der Waals surface area (Å²) in [5.41, 5.74) is 0.630. The van der Waals surface area contributed by atoms with E-state index in [2.05, 4.69) is 4.74 Å². The van der Waals surface area contributed by atoms with Crippen molar-refractivity contribution in [2.75, 3.05) is 0 Å². The van der Waals surface area contributed by atoms with Crippen molar-refractivity contribution in [2.45, 2.75) is 5.75 Å². The van der Waals surface area contributed by atoms with E-state index in [4.69, 9.17) is 0 Å². The van der Waals surface area contributed by atoms with E-state index >= 15 is 0 Å². The summed E-state index contributed by atoms with van der Waals surface area (Å²) in [7, 11) is 0. The van der Waals surface area contributed by atoms with Crippen molar-refractivity contribution >= 4 is 28.9 Å². The highest BCUT2D eigenvalue weighted by molar-refractivity contribution is 7.78. The first kappa shape index (κ1) is 9.37. The van der Waals surface area contributed by atoms with Crippen LogP contribution in [0.25, 0.3) is 0 Å². The highest BCUT2D eigenvalue weighted by atomic mass is 32.2. The van der Waals surface area contributed by atoms with Gasteiger partial charge in [0.1, 0.15) is 0 Å². The minimum Gasteiger partial charge on any atom is -0.772 e. The second-order valence-corrected chi connectivity index (χ2v) is 3.71. The Kier molecular flexibility index (Phi) is 3.39. The Balaban J connectivity index is 2.63. The molecule has 1 atom stereocenters. The minimum absolute atomic E-state index is 0.0429. The van der Waals surface area contributed by atoms with Gasteiger partial charge in [-0.1, -0.05) is 11.1 Å². The van der Waals surface area contributed by atoms with Crippen molar-refractivity contribution < 1.29 is 18.3 Å². The van der Waals surface area contributed by atoms with Crippen LogP contribution in [0.1, 0.15) is 5.56 Å². The van der Waals surface area contributed by atoms with Crippen LogP contribution in [0.5, 0.6) is 5.06 Å². The maximum Gasteiger partial charge on any atom is 0.299 e. The molecule has 0 saturated carbocycles. The van der Waals surface area contributed by atoms with Crippen molar-refractivity contribution in [3.63, 3.8) is 0 Å². The van der Waals surface area contributed by atoms with E-state index in [1.54, 1.807) is 5.38 Å². The lowest BCUT2D eigenvalue weighted by molar-refractivity contribution is -0.120. The van der Waals surface area contributed by atoms with Gasteiger partial charge in [-0.25, -0.2) is 0 Å². The van der Waals surface area contributed by atoms with E-state index in [9.17, 15) is 13.6 Å². The van der Waals surface area contributed by atoms with Crippen molar-refractivity contribution in [3.05, 3.63) is 17.0 Å². The number of rotatable bonds is 4. The first-order valence-corrected chi connectivity index (χ1v) is 5.08. The zero-order valence-corrected chi connectivity index (χ0v) is 7.52. The SMILES string of the molecule is O=COc1cc(CS(=O)[O-])cs1. The van der Waals surface area contributed by atoms with Gasteiger partial charge >= 0.3 is 0 Å². The quantitative estimate of drug-likeness (QED) is 0.535. The van der Waals surface area contributed by atoms with Crippen LogP contribution >= 0.6 is 11.3 Å². The molecule has 0 saturated heterocycles. The fourth-order valence-electron chi connectivity index (χ4n) is 0.674. The molecule has 6 heteroatoms. The molecule has 0 amide bonds. The molecule has 0 fully saturated rings. The lowest BCUT2D eigenvalue weighted by Crippen LogP contribution is -1.90. The minimum atomic E-state index is -2.09. The van der Waals surface area contributed by atoms with Gasteiger partial charge in [-0.2, -0.15) is 0 Å². The van der Waals surface area contributed by atoms with Gasteiger partial charge in [0.05, 0.1) is 0 Å². The molecule has 0 aliphatic rings. The van der Waals surface area contributed by atoms with Gasteiger partial charge in [-0.3, -0.25) is 9.00 Å². The summed E-state index contributed by atoms with van der Waals surface area (Å²) in [5, 5.41) is 2.04. The van der Waals surface area contributed by atoms with Crippen molar-refractivity contribution in [3.8, 4) is 5.06 Å². The average Bonchev–Trinajstić information content (AvgIpc) is 2.36. The highest BCUT2D eigenvalue weighted by Gasteiger charge is 1.99. The van der Waals surface area contributed by atoms with Gasteiger partial charge in [0.15, 0.2) is 5.06 Å². The molecule has 1 aromatic heterocycles. The molecular weight excluding hydrogens is 200 g/mol. The van der Waals surface area contributed by atoms with Crippen LogP contribution in [0.3, 0.4) is 0 Å². The predicted molar refractivity (Wildman–Crippen MR) is 43.6 cm³/mol. The summed E-state index contributed by atoms with van der Waals surface area (Å²) >= 11 is -0.905. The summed E-state index contributed by atoms with van der Waals surface area (Å²) in [5.74, 6) is -0.0429. The number of hydrogen-bond acceptors (Lipinski definition) is 5. The number of carbonyl (C=O) groups excluding carboxylic acids is 1. The third-order valence-electron chi connectivity index (χ3n) is 1.08. The van der Waals surface area contributed by atoms with Crippen molar-refractivity contribution in [1.29, 1.82) is 0 Å². The molecule has 66 valence electrons. The van der Waals surface area contributed by atoms with Crippen molar-refractivity contribution in [2.24, 2.45) is 0 Å². The molecule has 0 spiro atoms. The van der Waals surface area contributed by atoms with Gasteiger partial charge in [-0.15, -0.1) is 11.3 Å². The highest BCUT2D eigenvalue weighted by Crippen LogP contribution is 2.22. The van der Waals surface area contributed by atoms with Crippen LogP contribution in [-0.4, -0.2) is 15.2 Å². The first-order chi connectivity index (χ1) is 5.72. The zero-order chi connectivity index (χ0) is 8.97. The van der Waals surface area contributed by atoms with Gasteiger partial charge in [0.25, 0.3) is 6.47 Å². The maximum atomic E-state index is 10.2. The molecule has 12 heavy (non-hydrogen) atoms. The average molecular weight is 205 g/mol. The number of thiophene rings is 1. The third-order valence-corrected chi connectivity index (χ3v) is 2.51. The van der Waals surface area contributed by atoms with E-state index in [1.807, 2.05) is 0 Å². The smallest absolute Gasteiger partial charge is 0.299 e. The molecule has 0 radical (unpaired) electrons. The van der Waals surface area contributed by atoms with Crippen LogP contribution in [0, 0.1) is 0 Å². The summed E-state index contributed by atoms with van der Waals surface area (Å²) in [6, 6.07) is 1.52. The molecule has 1 rings (SSSR count). The summed E-state index contributed by atoms with van der Waals surface area (Å²) in [6.45, 7) is 0.309. The van der Waals surface area contributed by atoms with Gasteiger partial charge in [0.2, 0.25) is 0 Å². The molecule has 0 aromatic carbocycles. The van der Waals surface area contributed by atoms with E-state index < -0.39 is 11.1 Å². The zero-order valence-electron chi connectivity index (χ0n) is 5.89. The Hall–Kier alpha value is -0.720. The number of hydrogen-bond donors (Lipinski definition) is 0. The fourth-order valence-corrected chi connectivity index (χ4v) is 1.95. The first-order valence-electron chi connectivity index (χ1n) is 2.96. The Labute approximate surface area is 75.5 Å². The van der Waals surface area contributed by atoms with Crippen LogP contribution in [0.4, 0.5) is 0 Å². The van der Waals surface area contributed by atoms with E-state index in [-0.39, 0.29) is 5.75 Å². The summed E-state index contributed by atoms with van der Waals surface area (Å²) in [6.07, 6.45) is 0. The Morgan fingerprint density at radius 2 is 2.50 bits per heavy atom. The second-order valence-electron chi connectivity index (χ2n) is 1.94. The van der Waals surface area contributed by atoms with E-state index in [0.29, 0.717) is 17.1 Å². The molecule has 1 heterocycles. The fraction of sp³-hybridized carbons (Fsp3) is 0.167. The van der Waals surface area contributed by atoms with Gasteiger partial charge < -0.3 is 9.29 Å². The number of carbonyl (C=O) groups is 1. The maximum absolute atomic E-state index is 10.2. The Bertz CT molecular complexity index is 293. The largest absolute Gasteiger partial charge is 0.772 e. The van der Waals surface area contributed by atoms with Crippen LogP contribution in [-0.2, 0) is 21.6 Å². The van der Waals surface area contributed by atoms with Crippen LogP contribution in [0.2, 0.25) is 0 Å². The molecule has 0 bridgehead atoms. The molecule has 4 nitrogen and oxygen atoms in total. The third kappa shape index (κ3) is 2.72. The Morgan fingerprint density at radius 1 is 1.75 bits per heavy atom. The van der Waals surface area contributed by atoms with E-state index in [1.165, 1.54) is 17.4 Å². The topological polar surface area (TPSA) is 66.4 Å².